The maximum atomic E-state index is 12.9. The molecule has 148 valence electrons. The maximum Gasteiger partial charge on any atom is 0.416 e. The van der Waals surface area contributed by atoms with Crippen molar-refractivity contribution in [1.82, 2.24) is 14.3 Å². The van der Waals surface area contributed by atoms with Crippen molar-refractivity contribution in [3.63, 3.8) is 0 Å². The first-order valence-electron chi connectivity index (χ1n) is 8.27. The van der Waals surface area contributed by atoms with Crippen molar-refractivity contribution in [3.8, 4) is 11.9 Å². The van der Waals surface area contributed by atoms with Crippen LogP contribution in [-0.2, 0) is 16.2 Å². The van der Waals surface area contributed by atoms with Gasteiger partial charge in [-0.3, -0.25) is 0 Å². The Morgan fingerprint density at radius 3 is 2.71 bits per heavy atom. The summed E-state index contributed by atoms with van der Waals surface area (Å²) in [6.07, 6.45) is -1.61. The smallest absolute Gasteiger partial charge is 0.416 e. The zero-order valence-electron chi connectivity index (χ0n) is 14.4. The maximum absolute atomic E-state index is 12.9. The summed E-state index contributed by atoms with van der Waals surface area (Å²) < 4.78 is 71.1. The second-order valence-corrected chi connectivity index (χ2v) is 8.03. The summed E-state index contributed by atoms with van der Waals surface area (Å²) in [6, 6.07) is 5.47. The van der Waals surface area contributed by atoms with Crippen molar-refractivity contribution in [1.29, 1.82) is 5.26 Å². The number of benzene rings is 1. The van der Waals surface area contributed by atoms with Gasteiger partial charge in [0.1, 0.15) is 12.2 Å². The van der Waals surface area contributed by atoms with E-state index in [1.165, 1.54) is 12.4 Å². The summed E-state index contributed by atoms with van der Waals surface area (Å²) in [5, 5.41) is 9.04. The van der Waals surface area contributed by atoms with Crippen LogP contribution in [0.5, 0.6) is 5.88 Å². The standard InChI is InChI=1S/C17H15F3N4O3S/c18-17(19,20)12-3-1-5-14(9-12)28(25,26)24-8-2-4-13(11-24)27-16-15(10-21)22-6-7-23-16/h1,3,5-7,9,13H,2,4,8,11H2. The molecular weight excluding hydrogens is 397 g/mol. The van der Waals surface area contributed by atoms with Crippen molar-refractivity contribution in [3.05, 3.63) is 47.9 Å². The van der Waals surface area contributed by atoms with E-state index in [1.807, 2.05) is 6.07 Å². The molecule has 1 fully saturated rings. The molecule has 0 N–H and O–H groups in total. The van der Waals surface area contributed by atoms with E-state index in [0.717, 1.165) is 22.5 Å². The zero-order chi connectivity index (χ0) is 20.4. The monoisotopic (exact) mass is 412 g/mol. The average molecular weight is 412 g/mol. The molecule has 2 heterocycles. The number of nitriles is 1. The fraction of sp³-hybridized carbons (Fsp3) is 0.353. The van der Waals surface area contributed by atoms with Crippen LogP contribution in [-0.4, -0.2) is 41.9 Å². The molecule has 1 aromatic carbocycles. The number of sulfonamides is 1. The molecule has 1 unspecified atom stereocenters. The molecule has 0 bridgehead atoms. The van der Waals surface area contributed by atoms with Crippen LogP contribution in [0.4, 0.5) is 13.2 Å². The van der Waals surface area contributed by atoms with Gasteiger partial charge in [-0.15, -0.1) is 0 Å². The summed E-state index contributed by atoms with van der Waals surface area (Å²) in [4.78, 5) is 7.32. The van der Waals surface area contributed by atoms with Crippen LogP contribution in [0.1, 0.15) is 24.1 Å². The average Bonchev–Trinajstić information content (AvgIpc) is 2.68. The number of alkyl halides is 3. The molecule has 1 aliphatic heterocycles. The lowest BCUT2D eigenvalue weighted by atomic mass is 10.1. The Labute approximate surface area is 159 Å². The molecule has 0 aliphatic carbocycles. The summed E-state index contributed by atoms with van der Waals surface area (Å²) in [5.41, 5.74) is -1.06. The van der Waals surface area contributed by atoms with Gasteiger partial charge in [0.25, 0.3) is 5.88 Å². The molecule has 0 spiro atoms. The molecule has 0 radical (unpaired) electrons. The van der Waals surface area contributed by atoms with Crippen LogP contribution < -0.4 is 4.74 Å². The first-order valence-corrected chi connectivity index (χ1v) is 9.71. The van der Waals surface area contributed by atoms with E-state index < -0.39 is 32.8 Å². The van der Waals surface area contributed by atoms with E-state index in [0.29, 0.717) is 18.9 Å². The Morgan fingerprint density at radius 2 is 2.00 bits per heavy atom. The van der Waals surface area contributed by atoms with Gasteiger partial charge >= 0.3 is 6.18 Å². The van der Waals surface area contributed by atoms with Crippen LogP contribution in [0.15, 0.2) is 41.6 Å². The number of hydrogen-bond acceptors (Lipinski definition) is 6. The Kier molecular flexibility index (Phi) is 5.53. The van der Waals surface area contributed by atoms with Gasteiger partial charge in [-0.05, 0) is 31.0 Å². The minimum Gasteiger partial charge on any atom is -0.471 e. The van der Waals surface area contributed by atoms with Crippen LogP contribution in [0, 0.1) is 11.3 Å². The fourth-order valence-corrected chi connectivity index (χ4v) is 4.40. The minimum absolute atomic E-state index is 0.00619. The third kappa shape index (κ3) is 4.23. The van der Waals surface area contributed by atoms with Gasteiger partial charge in [-0.25, -0.2) is 18.4 Å². The second kappa shape index (κ2) is 7.73. The number of hydrogen-bond donors (Lipinski definition) is 0. The summed E-state index contributed by atoms with van der Waals surface area (Å²) >= 11 is 0. The van der Waals surface area contributed by atoms with Crippen molar-refractivity contribution >= 4 is 10.0 Å². The van der Waals surface area contributed by atoms with Crippen LogP contribution in [0.2, 0.25) is 0 Å². The third-order valence-corrected chi connectivity index (χ3v) is 6.05. The molecule has 7 nitrogen and oxygen atoms in total. The molecule has 1 saturated heterocycles. The topological polar surface area (TPSA) is 96.2 Å². The molecule has 0 amide bonds. The van der Waals surface area contributed by atoms with Crippen LogP contribution in [0.25, 0.3) is 0 Å². The predicted molar refractivity (Wildman–Crippen MR) is 90.6 cm³/mol. The Balaban J connectivity index is 1.81. The van der Waals surface area contributed by atoms with E-state index in [-0.39, 0.29) is 24.7 Å². The highest BCUT2D eigenvalue weighted by atomic mass is 32.2. The van der Waals surface area contributed by atoms with Crippen molar-refractivity contribution in [2.24, 2.45) is 0 Å². The van der Waals surface area contributed by atoms with E-state index in [4.69, 9.17) is 10.00 Å². The second-order valence-electron chi connectivity index (χ2n) is 6.09. The van der Waals surface area contributed by atoms with Gasteiger partial charge < -0.3 is 4.74 Å². The van der Waals surface area contributed by atoms with E-state index in [1.54, 1.807) is 0 Å². The lowest BCUT2D eigenvalue weighted by Gasteiger charge is -2.32. The van der Waals surface area contributed by atoms with Gasteiger partial charge in [-0.1, -0.05) is 6.07 Å². The van der Waals surface area contributed by atoms with E-state index in [9.17, 15) is 21.6 Å². The van der Waals surface area contributed by atoms with Gasteiger partial charge in [0.2, 0.25) is 15.7 Å². The molecule has 28 heavy (non-hydrogen) atoms. The highest BCUT2D eigenvalue weighted by Crippen LogP contribution is 2.32. The van der Waals surface area contributed by atoms with Crippen LogP contribution in [0.3, 0.4) is 0 Å². The first-order chi connectivity index (χ1) is 13.2. The molecule has 3 rings (SSSR count). The van der Waals surface area contributed by atoms with E-state index >= 15 is 0 Å². The SMILES string of the molecule is N#Cc1nccnc1OC1CCCN(S(=O)(=O)c2cccc(C(F)(F)F)c2)C1. The highest BCUT2D eigenvalue weighted by Gasteiger charge is 2.35. The van der Waals surface area contributed by atoms with Crippen molar-refractivity contribution in [2.75, 3.05) is 13.1 Å². The highest BCUT2D eigenvalue weighted by molar-refractivity contribution is 7.89. The third-order valence-electron chi connectivity index (χ3n) is 4.19. The lowest BCUT2D eigenvalue weighted by Crippen LogP contribution is -2.44. The number of aromatic nitrogens is 2. The number of halogens is 3. The number of ether oxygens (including phenoxy) is 1. The number of rotatable bonds is 4. The quantitative estimate of drug-likeness (QED) is 0.766. The summed E-state index contributed by atoms with van der Waals surface area (Å²) in [6.45, 7) is 0.0873. The largest absolute Gasteiger partial charge is 0.471 e. The summed E-state index contributed by atoms with van der Waals surface area (Å²) in [5.74, 6) is -0.00619. The molecule has 1 aromatic heterocycles. The predicted octanol–water partition coefficient (Wildman–Crippen LogP) is 2.60. The molecular formula is C17H15F3N4O3S. The van der Waals surface area contributed by atoms with Gasteiger partial charge in [0.05, 0.1) is 17.0 Å². The fourth-order valence-electron chi connectivity index (χ4n) is 2.85. The summed E-state index contributed by atoms with van der Waals surface area (Å²) in [7, 11) is -4.13. The Bertz CT molecular complexity index is 1010. The van der Waals surface area contributed by atoms with Gasteiger partial charge in [-0.2, -0.15) is 22.7 Å². The van der Waals surface area contributed by atoms with Crippen molar-refractivity contribution < 1.29 is 26.3 Å². The first kappa shape index (κ1) is 20.0. The Morgan fingerprint density at radius 1 is 1.25 bits per heavy atom. The number of piperidine rings is 1. The molecule has 2 aromatic rings. The Hall–Kier alpha value is -2.71. The van der Waals surface area contributed by atoms with Crippen LogP contribution >= 0.6 is 0 Å². The molecule has 1 atom stereocenters. The molecule has 0 saturated carbocycles. The zero-order valence-corrected chi connectivity index (χ0v) is 15.2. The van der Waals surface area contributed by atoms with E-state index in [2.05, 4.69) is 9.97 Å². The lowest BCUT2D eigenvalue weighted by molar-refractivity contribution is -0.137. The van der Waals surface area contributed by atoms with Gasteiger partial charge in [0.15, 0.2) is 0 Å². The molecule has 1 aliphatic rings. The van der Waals surface area contributed by atoms with Crippen molar-refractivity contribution in [2.45, 2.75) is 30.0 Å². The molecule has 11 heteroatoms. The normalized spacial score (nSPS) is 18.4. The van der Waals surface area contributed by atoms with Gasteiger partial charge in [0, 0.05) is 18.9 Å². The number of nitrogens with zero attached hydrogens (tertiary/aromatic N) is 4. The minimum atomic E-state index is -4.64.